The van der Waals surface area contributed by atoms with Gasteiger partial charge < -0.3 is 14.7 Å². The first-order chi connectivity index (χ1) is 14.6. The Labute approximate surface area is 175 Å². The maximum atomic E-state index is 13.5. The van der Waals surface area contributed by atoms with Crippen molar-refractivity contribution >= 4 is 23.1 Å². The summed E-state index contributed by atoms with van der Waals surface area (Å²) >= 11 is 0. The standard InChI is InChI=1S/C22H25N5O3/c28-22(24-9-3-4-10-24)18-14-16-13-17(27(29)30)6-7-19(16)26-12-11-25(15-20(18)26)21-5-1-2-8-23-21/h1-2,5-8,13,18,20H,3-4,9-12,14-15H2. The van der Waals surface area contributed by atoms with E-state index in [0.29, 0.717) is 6.42 Å². The number of likely N-dealkylation sites (tertiary alicyclic amines) is 1. The summed E-state index contributed by atoms with van der Waals surface area (Å²) in [4.78, 5) is 35.4. The second kappa shape index (κ2) is 7.59. The van der Waals surface area contributed by atoms with Crippen molar-refractivity contribution in [2.45, 2.75) is 25.3 Å². The van der Waals surface area contributed by atoms with Crippen LogP contribution in [0.5, 0.6) is 0 Å². The number of nitrogens with zero attached hydrogens (tertiary/aromatic N) is 5. The number of nitro groups is 1. The van der Waals surface area contributed by atoms with E-state index in [4.69, 9.17) is 0 Å². The number of non-ortho nitro benzene ring substituents is 1. The number of anilines is 2. The predicted molar refractivity (Wildman–Crippen MR) is 114 cm³/mol. The minimum atomic E-state index is -0.358. The molecule has 1 aromatic heterocycles. The molecular weight excluding hydrogens is 382 g/mol. The molecule has 156 valence electrons. The smallest absolute Gasteiger partial charge is 0.269 e. The van der Waals surface area contributed by atoms with Gasteiger partial charge in [0.05, 0.1) is 16.9 Å². The average molecular weight is 407 g/mol. The third-order valence-corrected chi connectivity index (χ3v) is 6.61. The van der Waals surface area contributed by atoms with Crippen molar-refractivity contribution in [2.24, 2.45) is 5.92 Å². The Bertz CT molecular complexity index is 961. The minimum absolute atomic E-state index is 0.0304. The Morgan fingerprint density at radius 3 is 2.67 bits per heavy atom. The number of carbonyl (C=O) groups is 1. The van der Waals surface area contributed by atoms with Crippen molar-refractivity contribution in [1.82, 2.24) is 9.88 Å². The molecule has 1 amide bonds. The van der Waals surface area contributed by atoms with E-state index >= 15 is 0 Å². The van der Waals surface area contributed by atoms with Crippen LogP contribution in [0.1, 0.15) is 18.4 Å². The molecule has 0 aliphatic carbocycles. The van der Waals surface area contributed by atoms with Crippen LogP contribution in [0.25, 0.3) is 0 Å². The number of pyridine rings is 1. The van der Waals surface area contributed by atoms with E-state index in [1.165, 1.54) is 0 Å². The highest BCUT2D eigenvalue weighted by atomic mass is 16.6. The van der Waals surface area contributed by atoms with E-state index in [1.807, 2.05) is 29.2 Å². The number of carbonyl (C=O) groups excluding carboxylic acids is 1. The fraction of sp³-hybridized carbons (Fsp3) is 0.455. The molecule has 4 heterocycles. The second-order valence-corrected chi connectivity index (χ2v) is 8.31. The fourth-order valence-corrected chi connectivity index (χ4v) is 5.13. The highest BCUT2D eigenvalue weighted by molar-refractivity contribution is 5.83. The van der Waals surface area contributed by atoms with Crippen LogP contribution in [0, 0.1) is 16.0 Å². The highest BCUT2D eigenvalue weighted by Crippen LogP contribution is 2.39. The topological polar surface area (TPSA) is 82.8 Å². The first-order valence-corrected chi connectivity index (χ1v) is 10.6. The number of benzene rings is 1. The number of rotatable bonds is 3. The van der Waals surface area contributed by atoms with Crippen LogP contribution >= 0.6 is 0 Å². The maximum absolute atomic E-state index is 13.5. The van der Waals surface area contributed by atoms with Gasteiger partial charge in [-0.15, -0.1) is 0 Å². The van der Waals surface area contributed by atoms with Crippen LogP contribution in [-0.2, 0) is 11.2 Å². The van der Waals surface area contributed by atoms with Crippen molar-refractivity contribution in [2.75, 3.05) is 42.5 Å². The normalized spacial score (nSPS) is 23.1. The van der Waals surface area contributed by atoms with E-state index in [9.17, 15) is 14.9 Å². The quantitative estimate of drug-likeness (QED) is 0.574. The molecule has 2 saturated heterocycles. The summed E-state index contributed by atoms with van der Waals surface area (Å²) in [6, 6.07) is 11.0. The zero-order chi connectivity index (χ0) is 20.7. The first-order valence-electron chi connectivity index (χ1n) is 10.6. The summed E-state index contributed by atoms with van der Waals surface area (Å²) in [5, 5.41) is 11.3. The molecule has 0 bridgehead atoms. The Morgan fingerprint density at radius 1 is 1.10 bits per heavy atom. The minimum Gasteiger partial charge on any atom is -0.364 e. The fourth-order valence-electron chi connectivity index (χ4n) is 5.13. The van der Waals surface area contributed by atoms with Crippen molar-refractivity contribution < 1.29 is 9.72 Å². The van der Waals surface area contributed by atoms with Crippen LogP contribution in [0.3, 0.4) is 0 Å². The highest BCUT2D eigenvalue weighted by Gasteiger charge is 2.43. The van der Waals surface area contributed by atoms with E-state index in [2.05, 4.69) is 14.8 Å². The van der Waals surface area contributed by atoms with E-state index in [0.717, 1.165) is 62.6 Å². The van der Waals surface area contributed by atoms with Crippen LogP contribution in [0.2, 0.25) is 0 Å². The van der Waals surface area contributed by atoms with Gasteiger partial charge in [-0.3, -0.25) is 14.9 Å². The molecule has 8 heteroatoms. The Balaban J connectivity index is 1.50. The molecule has 3 aliphatic rings. The average Bonchev–Trinajstić information content (AvgIpc) is 3.33. The van der Waals surface area contributed by atoms with Crippen molar-refractivity contribution in [1.29, 1.82) is 0 Å². The van der Waals surface area contributed by atoms with Crippen molar-refractivity contribution in [3.8, 4) is 0 Å². The summed E-state index contributed by atoms with van der Waals surface area (Å²) in [5.74, 6) is 0.908. The lowest BCUT2D eigenvalue weighted by Gasteiger charge is -2.49. The third-order valence-electron chi connectivity index (χ3n) is 6.61. The van der Waals surface area contributed by atoms with Crippen LogP contribution in [0.4, 0.5) is 17.2 Å². The zero-order valence-electron chi connectivity index (χ0n) is 16.8. The van der Waals surface area contributed by atoms with Gasteiger partial charge in [0, 0.05) is 56.7 Å². The van der Waals surface area contributed by atoms with Gasteiger partial charge >= 0.3 is 0 Å². The molecule has 3 aliphatic heterocycles. The molecule has 2 unspecified atom stereocenters. The Kier molecular flexibility index (Phi) is 4.77. The maximum Gasteiger partial charge on any atom is 0.269 e. The van der Waals surface area contributed by atoms with Gasteiger partial charge in [-0.05, 0) is 43.0 Å². The number of fused-ring (bicyclic) bond motifs is 3. The Morgan fingerprint density at radius 2 is 1.93 bits per heavy atom. The van der Waals surface area contributed by atoms with Gasteiger partial charge in [-0.25, -0.2) is 4.98 Å². The van der Waals surface area contributed by atoms with Gasteiger partial charge in [-0.1, -0.05) is 6.07 Å². The van der Waals surface area contributed by atoms with E-state index in [1.54, 1.807) is 18.3 Å². The summed E-state index contributed by atoms with van der Waals surface area (Å²) in [7, 11) is 0. The number of piperazine rings is 1. The van der Waals surface area contributed by atoms with Gasteiger partial charge in [0.25, 0.3) is 5.69 Å². The molecule has 5 rings (SSSR count). The zero-order valence-corrected chi connectivity index (χ0v) is 16.8. The molecule has 8 nitrogen and oxygen atoms in total. The third kappa shape index (κ3) is 3.26. The van der Waals surface area contributed by atoms with Crippen LogP contribution in [0.15, 0.2) is 42.6 Å². The van der Waals surface area contributed by atoms with E-state index in [-0.39, 0.29) is 28.5 Å². The number of aromatic nitrogens is 1. The SMILES string of the molecule is O=C(C1Cc2cc([N+](=O)[O-])ccc2N2CCN(c3ccccn3)CC12)N1CCCC1. The molecule has 0 N–H and O–H groups in total. The largest absolute Gasteiger partial charge is 0.364 e. The second-order valence-electron chi connectivity index (χ2n) is 8.31. The lowest BCUT2D eigenvalue weighted by Crippen LogP contribution is -2.61. The molecule has 0 saturated carbocycles. The van der Waals surface area contributed by atoms with Gasteiger partial charge in [0.2, 0.25) is 5.91 Å². The monoisotopic (exact) mass is 407 g/mol. The van der Waals surface area contributed by atoms with Gasteiger partial charge in [-0.2, -0.15) is 0 Å². The van der Waals surface area contributed by atoms with E-state index < -0.39 is 0 Å². The van der Waals surface area contributed by atoms with Crippen molar-refractivity contribution in [3.63, 3.8) is 0 Å². The summed E-state index contributed by atoms with van der Waals surface area (Å²) in [5.41, 5.74) is 2.02. The van der Waals surface area contributed by atoms with Gasteiger partial charge in [0.15, 0.2) is 0 Å². The molecule has 0 spiro atoms. The molecule has 2 atom stereocenters. The molecule has 2 fully saturated rings. The number of hydrogen-bond acceptors (Lipinski definition) is 6. The lowest BCUT2D eigenvalue weighted by atomic mass is 9.83. The number of amides is 1. The first kappa shape index (κ1) is 18.8. The van der Waals surface area contributed by atoms with Crippen LogP contribution in [-0.4, -0.2) is 59.5 Å². The predicted octanol–water partition coefficient (Wildman–Crippen LogP) is 2.48. The summed E-state index contributed by atoms with van der Waals surface area (Å²) < 4.78 is 0. The lowest BCUT2D eigenvalue weighted by molar-refractivity contribution is -0.384. The molecule has 0 radical (unpaired) electrons. The van der Waals surface area contributed by atoms with Crippen LogP contribution < -0.4 is 9.80 Å². The molecule has 2 aromatic rings. The van der Waals surface area contributed by atoms with Gasteiger partial charge in [0.1, 0.15) is 5.82 Å². The summed E-state index contributed by atoms with van der Waals surface area (Å²) in [6.07, 6.45) is 4.44. The summed E-state index contributed by atoms with van der Waals surface area (Å²) in [6.45, 7) is 3.91. The number of hydrogen-bond donors (Lipinski definition) is 0. The molecule has 1 aromatic carbocycles. The Hall–Kier alpha value is -3.16. The molecular formula is C22H25N5O3. The number of nitro benzene ring substituents is 1. The molecule has 30 heavy (non-hydrogen) atoms. The van der Waals surface area contributed by atoms with Crippen molar-refractivity contribution in [3.05, 3.63) is 58.3 Å².